The third kappa shape index (κ3) is 0.999. The van der Waals surface area contributed by atoms with Gasteiger partial charge in [0.25, 0.3) is 5.91 Å². The van der Waals surface area contributed by atoms with E-state index in [-0.39, 0.29) is 11.3 Å². The predicted octanol–water partition coefficient (Wildman–Crippen LogP) is 0.602. The van der Waals surface area contributed by atoms with E-state index in [0.29, 0.717) is 10.6 Å². The van der Waals surface area contributed by atoms with Crippen LogP contribution in [0.4, 0.5) is 4.39 Å². The quantitative estimate of drug-likeness (QED) is 0.567. The Bertz CT molecular complexity index is 657. The lowest BCUT2D eigenvalue weighted by atomic mass is 10.1. The molecule has 0 aliphatic carbocycles. The zero-order valence-electron chi connectivity index (χ0n) is 7.44. The molecule has 0 saturated carbocycles. The van der Waals surface area contributed by atoms with Crippen molar-refractivity contribution in [3.05, 3.63) is 46.4 Å². The molecule has 0 atom stereocenters. The molecule has 0 N–H and O–H groups in total. The topological polar surface area (TPSA) is 54.1 Å². The number of hydrogen-bond acceptors (Lipinski definition) is 3. The molecular formula is C10H4FN3O. The average Bonchev–Trinajstić information content (AvgIpc) is 2.62. The number of rotatable bonds is 0. The molecule has 1 aromatic carbocycles. The van der Waals surface area contributed by atoms with Crippen LogP contribution in [-0.4, -0.2) is 5.91 Å². The minimum atomic E-state index is -0.853. The molecule has 2 aliphatic heterocycles. The predicted molar refractivity (Wildman–Crippen MR) is 48.6 cm³/mol. The van der Waals surface area contributed by atoms with Crippen LogP contribution >= 0.6 is 0 Å². The smallest absolute Gasteiger partial charge is 0.266 e. The van der Waals surface area contributed by atoms with Crippen LogP contribution < -0.4 is 10.6 Å². The molecule has 4 nitrogen and oxygen atoms in total. The van der Waals surface area contributed by atoms with Gasteiger partial charge in [-0.3, -0.25) is 4.79 Å². The van der Waals surface area contributed by atoms with Gasteiger partial charge in [0.1, 0.15) is 11.3 Å². The summed E-state index contributed by atoms with van der Waals surface area (Å²) in [7, 11) is 0. The van der Waals surface area contributed by atoms with Gasteiger partial charge in [-0.05, 0) is 6.07 Å². The summed E-state index contributed by atoms with van der Waals surface area (Å²) in [6.45, 7) is 0. The Kier molecular flexibility index (Phi) is 1.45. The Morgan fingerprint density at radius 1 is 1.13 bits per heavy atom. The summed E-state index contributed by atoms with van der Waals surface area (Å²) in [4.78, 5) is 15.2. The van der Waals surface area contributed by atoms with Crippen LogP contribution in [0.3, 0.4) is 0 Å². The fourth-order valence-electron chi connectivity index (χ4n) is 1.61. The molecule has 72 valence electrons. The van der Waals surface area contributed by atoms with Crippen LogP contribution in [0.25, 0.3) is 5.70 Å². The highest BCUT2D eigenvalue weighted by Gasteiger charge is 2.28. The van der Waals surface area contributed by atoms with E-state index < -0.39 is 11.9 Å². The third-order valence-corrected chi connectivity index (χ3v) is 2.28. The van der Waals surface area contributed by atoms with Crippen LogP contribution in [0, 0.1) is 0 Å². The van der Waals surface area contributed by atoms with Crippen molar-refractivity contribution in [2.45, 2.75) is 0 Å². The molecule has 0 unspecified atom stereocenters. The van der Waals surface area contributed by atoms with Gasteiger partial charge in [0.2, 0.25) is 5.95 Å². The number of hydrogen-bond donors (Lipinski definition) is 0. The fraction of sp³-hybridized carbons (Fsp3) is 0. The number of benzene rings is 1. The largest absolute Gasteiger partial charge is 0.284 e. The molecule has 0 aromatic heterocycles. The molecule has 0 radical (unpaired) electrons. The summed E-state index contributed by atoms with van der Waals surface area (Å²) >= 11 is 0. The molecule has 0 saturated heterocycles. The van der Waals surface area contributed by atoms with Crippen LogP contribution in [0.5, 0.6) is 0 Å². The van der Waals surface area contributed by atoms with Gasteiger partial charge < -0.3 is 0 Å². The van der Waals surface area contributed by atoms with E-state index in [1.54, 1.807) is 24.3 Å². The van der Waals surface area contributed by atoms with Crippen molar-refractivity contribution in [2.24, 2.45) is 15.2 Å². The minimum absolute atomic E-state index is 0.131. The van der Waals surface area contributed by atoms with Crippen LogP contribution in [0.1, 0.15) is 0 Å². The second-order valence-corrected chi connectivity index (χ2v) is 3.15. The normalized spacial score (nSPS) is 17.7. The van der Waals surface area contributed by atoms with Crippen LogP contribution in [0.15, 0.2) is 51.0 Å². The number of amides is 1. The SMILES string of the molecule is O=C1N=c2ccccc2=C2N=NC(F)=C12. The number of fused-ring (bicyclic) bond motifs is 2. The zero-order chi connectivity index (χ0) is 10.4. The van der Waals surface area contributed by atoms with Gasteiger partial charge in [-0.2, -0.15) is 4.39 Å². The molecule has 1 amide bonds. The summed E-state index contributed by atoms with van der Waals surface area (Å²) in [5.41, 5.74) is 0.150. The Balaban J connectivity index is 2.55. The maximum atomic E-state index is 13.1. The first-order valence-corrected chi connectivity index (χ1v) is 4.31. The molecule has 0 spiro atoms. The van der Waals surface area contributed by atoms with Crippen molar-refractivity contribution in [1.29, 1.82) is 0 Å². The molecule has 1 aromatic rings. The molecule has 2 aliphatic rings. The number of carbonyl (C=O) groups excluding carboxylic acids is 1. The van der Waals surface area contributed by atoms with Crippen molar-refractivity contribution in [3.8, 4) is 0 Å². The Morgan fingerprint density at radius 3 is 2.80 bits per heavy atom. The van der Waals surface area contributed by atoms with E-state index in [1.165, 1.54) is 0 Å². The van der Waals surface area contributed by atoms with E-state index in [1.807, 2.05) is 0 Å². The summed E-state index contributed by atoms with van der Waals surface area (Å²) in [5.74, 6) is -1.47. The van der Waals surface area contributed by atoms with Crippen molar-refractivity contribution < 1.29 is 9.18 Å². The van der Waals surface area contributed by atoms with Crippen LogP contribution in [-0.2, 0) is 4.79 Å². The van der Waals surface area contributed by atoms with E-state index >= 15 is 0 Å². The van der Waals surface area contributed by atoms with E-state index in [2.05, 4.69) is 15.2 Å². The number of halogens is 1. The molecule has 15 heavy (non-hydrogen) atoms. The molecular weight excluding hydrogens is 197 g/mol. The summed E-state index contributed by atoms with van der Waals surface area (Å²) in [6.07, 6.45) is 0. The maximum Gasteiger partial charge on any atom is 0.284 e. The minimum Gasteiger partial charge on any atom is -0.266 e. The average molecular weight is 201 g/mol. The van der Waals surface area contributed by atoms with Gasteiger partial charge in [-0.15, -0.1) is 10.2 Å². The highest BCUT2D eigenvalue weighted by Crippen LogP contribution is 2.27. The van der Waals surface area contributed by atoms with Crippen molar-refractivity contribution in [2.75, 3.05) is 0 Å². The van der Waals surface area contributed by atoms with E-state index in [4.69, 9.17) is 0 Å². The molecule has 5 heteroatoms. The number of para-hydroxylation sites is 1. The highest BCUT2D eigenvalue weighted by molar-refractivity contribution is 6.07. The molecule has 0 bridgehead atoms. The zero-order valence-corrected chi connectivity index (χ0v) is 7.44. The second-order valence-electron chi connectivity index (χ2n) is 3.15. The highest BCUT2D eigenvalue weighted by atomic mass is 19.1. The molecule has 0 fully saturated rings. The van der Waals surface area contributed by atoms with Gasteiger partial charge in [0.05, 0.1) is 5.36 Å². The fourth-order valence-corrected chi connectivity index (χ4v) is 1.61. The lowest BCUT2D eigenvalue weighted by molar-refractivity contribution is -0.114. The van der Waals surface area contributed by atoms with Crippen molar-refractivity contribution in [3.63, 3.8) is 0 Å². The number of nitrogens with zero attached hydrogens (tertiary/aromatic N) is 3. The first-order chi connectivity index (χ1) is 7.27. The lowest BCUT2D eigenvalue weighted by Crippen LogP contribution is -2.32. The monoisotopic (exact) mass is 201 g/mol. The van der Waals surface area contributed by atoms with E-state index in [0.717, 1.165) is 0 Å². The number of azo groups is 1. The van der Waals surface area contributed by atoms with Gasteiger partial charge in [-0.25, -0.2) is 4.99 Å². The standard InChI is InChI=1S/C10H4FN3O/c11-9-7-8(13-14-9)5-3-1-2-4-6(5)12-10(7)15/h1-4H. The van der Waals surface area contributed by atoms with Crippen molar-refractivity contribution in [1.82, 2.24) is 0 Å². The van der Waals surface area contributed by atoms with Crippen LogP contribution in [0.2, 0.25) is 0 Å². The van der Waals surface area contributed by atoms with Gasteiger partial charge in [0.15, 0.2) is 0 Å². The summed E-state index contributed by atoms with van der Waals surface area (Å²) in [5, 5.41) is 8.04. The Labute approximate surface area is 83.2 Å². The third-order valence-electron chi connectivity index (χ3n) is 2.28. The summed E-state index contributed by atoms with van der Waals surface area (Å²) < 4.78 is 13.1. The van der Waals surface area contributed by atoms with E-state index in [9.17, 15) is 9.18 Å². The van der Waals surface area contributed by atoms with Gasteiger partial charge in [0, 0.05) is 5.22 Å². The number of carbonyl (C=O) groups is 1. The first kappa shape index (κ1) is 8.16. The Hall–Kier alpha value is -2.17. The lowest BCUT2D eigenvalue weighted by Gasteiger charge is -2.03. The second kappa shape index (κ2) is 2.66. The maximum absolute atomic E-state index is 13.1. The van der Waals surface area contributed by atoms with Crippen molar-refractivity contribution >= 4 is 11.6 Å². The van der Waals surface area contributed by atoms with Gasteiger partial charge in [-0.1, -0.05) is 18.2 Å². The molecule has 2 heterocycles. The Morgan fingerprint density at radius 2 is 1.93 bits per heavy atom. The first-order valence-electron chi connectivity index (χ1n) is 4.31. The summed E-state index contributed by atoms with van der Waals surface area (Å²) in [6, 6.07) is 6.95. The molecule has 3 rings (SSSR count). The van der Waals surface area contributed by atoms with Gasteiger partial charge >= 0.3 is 0 Å².